The van der Waals surface area contributed by atoms with Gasteiger partial charge < -0.3 is 29.9 Å². The third-order valence-electron chi connectivity index (χ3n) is 6.92. The Hall–Kier alpha value is -3.89. The van der Waals surface area contributed by atoms with Crippen LogP contribution >= 0.6 is 0 Å². The summed E-state index contributed by atoms with van der Waals surface area (Å²) in [5, 5.41) is 5.56. The van der Waals surface area contributed by atoms with Gasteiger partial charge in [-0.1, -0.05) is 24.3 Å². The highest BCUT2D eigenvalue weighted by Crippen LogP contribution is 2.28. The van der Waals surface area contributed by atoms with E-state index in [-0.39, 0.29) is 29.2 Å². The van der Waals surface area contributed by atoms with Crippen LogP contribution in [0, 0.1) is 5.92 Å². The number of hydrogen-bond acceptors (Lipinski definition) is 5. The van der Waals surface area contributed by atoms with E-state index in [9.17, 15) is 23.2 Å². The first-order chi connectivity index (χ1) is 18.4. The molecule has 9 nitrogen and oxygen atoms in total. The van der Waals surface area contributed by atoms with Gasteiger partial charge in [0.15, 0.2) is 0 Å². The van der Waals surface area contributed by atoms with Gasteiger partial charge in [-0.15, -0.1) is 0 Å². The Balaban J connectivity index is 1.28. The van der Waals surface area contributed by atoms with Crippen LogP contribution in [0.2, 0.25) is 0 Å². The normalized spacial score (nSPS) is 17.8. The number of para-hydroxylation sites is 2. The van der Waals surface area contributed by atoms with Crippen molar-refractivity contribution in [3.8, 4) is 11.5 Å². The van der Waals surface area contributed by atoms with Crippen LogP contribution in [0.25, 0.3) is 0 Å². The summed E-state index contributed by atoms with van der Waals surface area (Å²) in [7, 11) is 1.59. The summed E-state index contributed by atoms with van der Waals surface area (Å²) in [4.78, 5) is 42.1. The number of halogens is 2. The fourth-order valence-electron chi connectivity index (χ4n) is 4.91. The third-order valence-corrected chi connectivity index (χ3v) is 6.92. The van der Waals surface area contributed by atoms with Gasteiger partial charge in [-0.25, -0.2) is 4.79 Å². The number of likely N-dealkylation sites (tertiary alicyclic amines) is 2. The first-order valence-corrected chi connectivity index (χ1v) is 12.7. The fraction of sp³-hybridized carbons (Fsp3) is 0.444. The van der Waals surface area contributed by atoms with Crippen molar-refractivity contribution in [1.82, 2.24) is 15.1 Å². The molecule has 11 heteroatoms. The van der Waals surface area contributed by atoms with Crippen LogP contribution in [0.4, 0.5) is 19.3 Å². The van der Waals surface area contributed by atoms with Gasteiger partial charge in [-0.05, 0) is 55.5 Å². The molecule has 0 unspecified atom stereocenters. The summed E-state index contributed by atoms with van der Waals surface area (Å²) in [5.41, 5.74) is 1.05. The zero-order chi connectivity index (χ0) is 27.1. The molecule has 0 spiro atoms. The number of hydrogen-bond donors (Lipinski definition) is 2. The van der Waals surface area contributed by atoms with Crippen molar-refractivity contribution in [3.05, 3.63) is 54.1 Å². The van der Waals surface area contributed by atoms with Crippen molar-refractivity contribution in [3.63, 3.8) is 0 Å². The Kier molecular flexibility index (Phi) is 8.98. The summed E-state index contributed by atoms with van der Waals surface area (Å²) in [6.45, 7) is -1.41. The van der Waals surface area contributed by atoms with E-state index in [2.05, 4.69) is 15.4 Å². The average Bonchev–Trinajstić information content (AvgIpc) is 3.42. The topological polar surface area (TPSA) is 100 Å². The summed E-state index contributed by atoms with van der Waals surface area (Å²) < 4.78 is 35.1. The summed E-state index contributed by atoms with van der Waals surface area (Å²) >= 11 is 0. The number of methoxy groups -OCH3 is 1. The molecule has 1 atom stereocenters. The number of carbonyl (C=O) groups is 3. The number of carbonyl (C=O) groups excluding carboxylic acids is 3. The Morgan fingerprint density at radius 1 is 1.03 bits per heavy atom. The molecule has 0 bridgehead atoms. The van der Waals surface area contributed by atoms with Gasteiger partial charge in [0.05, 0.1) is 12.8 Å². The van der Waals surface area contributed by atoms with Gasteiger partial charge >= 0.3 is 12.6 Å². The minimum absolute atomic E-state index is 0.0496. The molecular weight excluding hydrogens is 498 g/mol. The Morgan fingerprint density at radius 3 is 2.53 bits per heavy atom. The molecule has 2 fully saturated rings. The van der Waals surface area contributed by atoms with Crippen LogP contribution in [0.5, 0.6) is 11.5 Å². The van der Waals surface area contributed by atoms with Crippen molar-refractivity contribution in [2.75, 3.05) is 32.1 Å². The van der Waals surface area contributed by atoms with E-state index in [1.54, 1.807) is 18.1 Å². The fourth-order valence-corrected chi connectivity index (χ4v) is 4.91. The second-order valence-electron chi connectivity index (χ2n) is 9.33. The number of piperidine rings is 1. The molecule has 2 N–H and O–H groups in total. The number of amides is 4. The van der Waals surface area contributed by atoms with Gasteiger partial charge in [0.1, 0.15) is 17.5 Å². The molecular formula is C27H32F2N4O5. The predicted molar refractivity (Wildman–Crippen MR) is 136 cm³/mol. The van der Waals surface area contributed by atoms with Crippen molar-refractivity contribution in [2.24, 2.45) is 5.92 Å². The smallest absolute Gasteiger partial charge is 0.387 e. The number of rotatable bonds is 8. The summed E-state index contributed by atoms with van der Waals surface area (Å²) in [6, 6.07) is 12.2. The molecule has 0 aliphatic carbocycles. The first-order valence-electron chi connectivity index (χ1n) is 12.7. The molecule has 4 amide bonds. The van der Waals surface area contributed by atoms with Crippen LogP contribution < -0.4 is 20.1 Å². The van der Waals surface area contributed by atoms with Crippen molar-refractivity contribution < 1.29 is 32.6 Å². The highest BCUT2D eigenvalue weighted by molar-refractivity contribution is 5.95. The van der Waals surface area contributed by atoms with E-state index in [1.807, 2.05) is 24.3 Å². The monoisotopic (exact) mass is 530 g/mol. The number of ether oxygens (including phenoxy) is 2. The largest absolute Gasteiger partial charge is 0.497 e. The number of alkyl halides is 2. The molecule has 0 radical (unpaired) electrons. The number of anilines is 1. The molecule has 2 heterocycles. The second kappa shape index (κ2) is 12.6. The highest BCUT2D eigenvalue weighted by atomic mass is 19.3. The maximum atomic E-state index is 13.3. The summed E-state index contributed by atoms with van der Waals surface area (Å²) in [5.74, 6) is 0.170. The van der Waals surface area contributed by atoms with Crippen LogP contribution in [0.1, 0.15) is 31.2 Å². The number of nitrogens with zero attached hydrogens (tertiary/aromatic N) is 2. The van der Waals surface area contributed by atoms with E-state index in [0.717, 1.165) is 11.3 Å². The van der Waals surface area contributed by atoms with Gasteiger partial charge in [0.25, 0.3) is 0 Å². The Bertz CT molecular complexity index is 1140. The lowest BCUT2D eigenvalue weighted by Gasteiger charge is -2.35. The van der Waals surface area contributed by atoms with Gasteiger partial charge in [-0.2, -0.15) is 8.78 Å². The van der Waals surface area contributed by atoms with E-state index in [4.69, 9.17) is 4.74 Å². The van der Waals surface area contributed by atoms with Gasteiger partial charge in [0, 0.05) is 32.1 Å². The Morgan fingerprint density at radius 2 is 1.79 bits per heavy atom. The second-order valence-corrected chi connectivity index (χ2v) is 9.33. The average molecular weight is 531 g/mol. The van der Waals surface area contributed by atoms with Crippen LogP contribution in [0.15, 0.2) is 48.5 Å². The molecule has 2 aliphatic rings. The zero-order valence-electron chi connectivity index (χ0n) is 21.2. The maximum Gasteiger partial charge on any atom is 0.387 e. The summed E-state index contributed by atoms with van der Waals surface area (Å²) in [6.07, 6.45) is 2.24. The van der Waals surface area contributed by atoms with E-state index < -0.39 is 18.7 Å². The van der Waals surface area contributed by atoms with E-state index >= 15 is 0 Å². The molecule has 2 aromatic rings. The van der Waals surface area contributed by atoms with Crippen LogP contribution in [-0.2, 0) is 16.1 Å². The van der Waals surface area contributed by atoms with Gasteiger partial charge in [-0.3, -0.25) is 9.59 Å². The number of urea groups is 1. The molecule has 204 valence electrons. The molecule has 4 rings (SSSR count). The minimum atomic E-state index is -3.03. The lowest BCUT2D eigenvalue weighted by atomic mass is 9.95. The quantitative estimate of drug-likeness (QED) is 0.540. The molecule has 2 saturated heterocycles. The van der Waals surface area contributed by atoms with Crippen LogP contribution in [-0.4, -0.2) is 67.0 Å². The molecule has 0 saturated carbocycles. The minimum Gasteiger partial charge on any atom is -0.497 e. The molecule has 2 aromatic carbocycles. The first kappa shape index (κ1) is 27.2. The standard InChI is InChI=1S/C27H32F2N4O5/c1-37-20-7-4-6-18(16-20)17-30-24(34)19-11-14-32(15-12-19)25(35)22-9-5-13-33(22)27(36)31-21-8-2-3-10-23(21)38-26(28)29/h2-4,6-8,10,16,19,22,26H,5,9,11-15,17H2,1H3,(H,30,34)(H,31,36)/t22-/m0/s1. The third kappa shape index (κ3) is 6.70. The number of nitrogens with one attached hydrogen (secondary N) is 2. The van der Waals surface area contributed by atoms with Crippen molar-refractivity contribution in [1.29, 1.82) is 0 Å². The lowest BCUT2D eigenvalue weighted by Crippen LogP contribution is -2.51. The molecule has 38 heavy (non-hydrogen) atoms. The number of benzene rings is 2. The zero-order valence-corrected chi connectivity index (χ0v) is 21.2. The molecule has 2 aliphatic heterocycles. The van der Waals surface area contributed by atoms with Crippen molar-refractivity contribution in [2.45, 2.75) is 44.9 Å². The molecule has 0 aromatic heterocycles. The van der Waals surface area contributed by atoms with Crippen molar-refractivity contribution >= 4 is 23.5 Å². The Labute approximate surface area is 220 Å². The van der Waals surface area contributed by atoms with E-state index in [0.29, 0.717) is 51.9 Å². The predicted octanol–water partition coefficient (Wildman–Crippen LogP) is 3.85. The SMILES string of the molecule is COc1cccc(CNC(=O)C2CCN(C(=O)[C@@H]3CCCN3C(=O)Nc3ccccc3OC(F)F)CC2)c1. The van der Waals surface area contributed by atoms with E-state index in [1.165, 1.54) is 23.1 Å². The van der Waals surface area contributed by atoms with Gasteiger partial charge in [0.2, 0.25) is 11.8 Å². The van der Waals surface area contributed by atoms with Crippen LogP contribution in [0.3, 0.4) is 0 Å². The lowest BCUT2D eigenvalue weighted by molar-refractivity contribution is -0.138. The highest BCUT2D eigenvalue weighted by Gasteiger charge is 2.38. The maximum absolute atomic E-state index is 13.3.